The van der Waals surface area contributed by atoms with E-state index in [9.17, 15) is 4.79 Å². The SMILES string of the molecule is COC(=O)c1cncc(NC(C)c2cn[nH]c2)n1. The Kier molecular flexibility index (Phi) is 3.52. The van der Waals surface area contributed by atoms with Gasteiger partial charge in [-0.05, 0) is 6.92 Å². The van der Waals surface area contributed by atoms with Gasteiger partial charge in [-0.25, -0.2) is 9.78 Å². The van der Waals surface area contributed by atoms with E-state index in [0.717, 1.165) is 5.56 Å². The number of nitrogens with zero attached hydrogens (tertiary/aromatic N) is 3. The molecule has 0 radical (unpaired) electrons. The summed E-state index contributed by atoms with van der Waals surface area (Å²) < 4.78 is 4.58. The second kappa shape index (κ2) is 5.26. The van der Waals surface area contributed by atoms with Gasteiger partial charge in [0.1, 0.15) is 5.82 Å². The van der Waals surface area contributed by atoms with E-state index < -0.39 is 5.97 Å². The number of hydrogen-bond acceptors (Lipinski definition) is 6. The molecule has 18 heavy (non-hydrogen) atoms. The molecular formula is C11H13N5O2. The average molecular weight is 247 g/mol. The second-order valence-corrected chi connectivity index (χ2v) is 3.68. The third kappa shape index (κ3) is 2.62. The number of rotatable bonds is 4. The molecule has 0 aliphatic rings. The van der Waals surface area contributed by atoms with E-state index in [2.05, 4.69) is 30.2 Å². The van der Waals surface area contributed by atoms with Crippen molar-refractivity contribution in [3.05, 3.63) is 36.0 Å². The van der Waals surface area contributed by atoms with Gasteiger partial charge < -0.3 is 10.1 Å². The van der Waals surface area contributed by atoms with Crippen LogP contribution in [0.2, 0.25) is 0 Å². The molecule has 7 nitrogen and oxygen atoms in total. The first-order valence-electron chi connectivity index (χ1n) is 5.36. The molecule has 0 aromatic carbocycles. The lowest BCUT2D eigenvalue weighted by Crippen LogP contribution is -2.11. The third-order valence-corrected chi connectivity index (χ3v) is 2.41. The van der Waals surface area contributed by atoms with Gasteiger partial charge in [-0.2, -0.15) is 5.10 Å². The van der Waals surface area contributed by atoms with Crippen LogP contribution in [0, 0.1) is 0 Å². The van der Waals surface area contributed by atoms with E-state index in [1.54, 1.807) is 18.6 Å². The maximum atomic E-state index is 11.3. The van der Waals surface area contributed by atoms with Crippen molar-refractivity contribution in [2.45, 2.75) is 13.0 Å². The Morgan fingerprint density at radius 3 is 2.94 bits per heavy atom. The summed E-state index contributed by atoms with van der Waals surface area (Å²) in [7, 11) is 1.30. The molecule has 0 saturated carbocycles. The molecule has 1 atom stereocenters. The van der Waals surface area contributed by atoms with Crippen LogP contribution in [0.1, 0.15) is 29.0 Å². The van der Waals surface area contributed by atoms with Crippen LogP contribution in [0.5, 0.6) is 0 Å². The minimum absolute atomic E-state index is 0.00551. The minimum Gasteiger partial charge on any atom is -0.464 e. The van der Waals surface area contributed by atoms with Gasteiger partial charge in [0.25, 0.3) is 0 Å². The smallest absolute Gasteiger partial charge is 0.358 e. The van der Waals surface area contributed by atoms with Gasteiger partial charge in [-0.3, -0.25) is 10.1 Å². The van der Waals surface area contributed by atoms with Crippen LogP contribution >= 0.6 is 0 Å². The molecule has 2 aromatic rings. The molecule has 0 bridgehead atoms. The van der Waals surface area contributed by atoms with Gasteiger partial charge in [0.05, 0.1) is 31.7 Å². The number of ether oxygens (including phenoxy) is 1. The largest absolute Gasteiger partial charge is 0.464 e. The predicted molar refractivity (Wildman–Crippen MR) is 64.0 cm³/mol. The summed E-state index contributed by atoms with van der Waals surface area (Å²) in [6, 6.07) is 0.00551. The minimum atomic E-state index is -0.512. The van der Waals surface area contributed by atoms with E-state index in [-0.39, 0.29) is 11.7 Å². The number of carbonyl (C=O) groups is 1. The molecule has 2 aromatic heterocycles. The zero-order chi connectivity index (χ0) is 13.0. The quantitative estimate of drug-likeness (QED) is 0.787. The Morgan fingerprint density at radius 2 is 2.28 bits per heavy atom. The van der Waals surface area contributed by atoms with Crippen LogP contribution in [-0.4, -0.2) is 33.2 Å². The van der Waals surface area contributed by atoms with Gasteiger partial charge in [0.15, 0.2) is 5.69 Å². The Bertz CT molecular complexity index is 526. The van der Waals surface area contributed by atoms with Crippen LogP contribution in [-0.2, 0) is 4.74 Å². The van der Waals surface area contributed by atoms with Crippen LogP contribution in [0.3, 0.4) is 0 Å². The first-order valence-corrected chi connectivity index (χ1v) is 5.36. The van der Waals surface area contributed by atoms with Crippen LogP contribution in [0.25, 0.3) is 0 Å². The highest BCUT2D eigenvalue weighted by molar-refractivity contribution is 5.87. The molecular weight excluding hydrogens is 234 g/mol. The summed E-state index contributed by atoms with van der Waals surface area (Å²) in [6.45, 7) is 1.96. The molecule has 0 amide bonds. The topological polar surface area (TPSA) is 92.8 Å². The van der Waals surface area contributed by atoms with E-state index in [0.29, 0.717) is 5.82 Å². The summed E-state index contributed by atoms with van der Waals surface area (Å²) in [5.41, 5.74) is 1.15. The van der Waals surface area contributed by atoms with Crippen molar-refractivity contribution in [2.24, 2.45) is 0 Å². The van der Waals surface area contributed by atoms with E-state index >= 15 is 0 Å². The first kappa shape index (κ1) is 12.0. The van der Waals surface area contributed by atoms with Crippen molar-refractivity contribution in [3.8, 4) is 0 Å². The van der Waals surface area contributed by atoms with Gasteiger partial charge >= 0.3 is 5.97 Å². The highest BCUT2D eigenvalue weighted by atomic mass is 16.5. The number of H-pyrrole nitrogens is 1. The lowest BCUT2D eigenvalue weighted by atomic mass is 10.2. The van der Waals surface area contributed by atoms with E-state index in [1.165, 1.54) is 13.3 Å². The number of aromatic amines is 1. The molecule has 2 heterocycles. The maximum absolute atomic E-state index is 11.3. The lowest BCUT2D eigenvalue weighted by molar-refractivity contribution is 0.0593. The summed E-state index contributed by atoms with van der Waals surface area (Å²) in [4.78, 5) is 19.4. The Labute approximate surface area is 104 Å². The van der Waals surface area contributed by atoms with Crippen molar-refractivity contribution < 1.29 is 9.53 Å². The van der Waals surface area contributed by atoms with Gasteiger partial charge in [-0.15, -0.1) is 0 Å². The maximum Gasteiger partial charge on any atom is 0.358 e. The molecule has 2 N–H and O–H groups in total. The van der Waals surface area contributed by atoms with Gasteiger partial charge in [0.2, 0.25) is 0 Å². The van der Waals surface area contributed by atoms with Crippen LogP contribution in [0.4, 0.5) is 5.82 Å². The highest BCUT2D eigenvalue weighted by Crippen LogP contribution is 2.15. The molecule has 0 fully saturated rings. The molecule has 0 saturated heterocycles. The molecule has 2 rings (SSSR count). The third-order valence-electron chi connectivity index (χ3n) is 2.41. The molecule has 7 heteroatoms. The van der Waals surface area contributed by atoms with Gasteiger partial charge in [-0.1, -0.05) is 0 Å². The lowest BCUT2D eigenvalue weighted by Gasteiger charge is -2.12. The molecule has 0 spiro atoms. The Hall–Kier alpha value is -2.44. The Balaban J connectivity index is 2.12. The zero-order valence-electron chi connectivity index (χ0n) is 10.0. The van der Waals surface area contributed by atoms with Crippen LogP contribution < -0.4 is 5.32 Å². The Morgan fingerprint density at radius 1 is 1.44 bits per heavy atom. The molecule has 1 unspecified atom stereocenters. The van der Waals surface area contributed by atoms with Crippen molar-refractivity contribution in [2.75, 3.05) is 12.4 Å². The molecule has 0 aliphatic heterocycles. The molecule has 0 aliphatic carbocycles. The van der Waals surface area contributed by atoms with Crippen molar-refractivity contribution >= 4 is 11.8 Å². The summed E-state index contributed by atoms with van der Waals surface area (Å²) in [5, 5.41) is 9.73. The zero-order valence-corrected chi connectivity index (χ0v) is 10.0. The number of nitrogens with one attached hydrogen (secondary N) is 2. The second-order valence-electron chi connectivity index (χ2n) is 3.68. The average Bonchev–Trinajstić information content (AvgIpc) is 2.92. The number of aromatic nitrogens is 4. The van der Waals surface area contributed by atoms with Gasteiger partial charge in [0, 0.05) is 11.8 Å². The van der Waals surface area contributed by atoms with Crippen LogP contribution in [0.15, 0.2) is 24.8 Å². The first-order chi connectivity index (χ1) is 8.70. The van der Waals surface area contributed by atoms with E-state index in [1.807, 2.05) is 6.92 Å². The number of carbonyl (C=O) groups excluding carboxylic acids is 1. The summed E-state index contributed by atoms with van der Waals surface area (Å²) in [5.74, 6) is -0.00582. The molecule has 94 valence electrons. The number of methoxy groups -OCH3 is 1. The van der Waals surface area contributed by atoms with Crippen molar-refractivity contribution in [3.63, 3.8) is 0 Å². The number of esters is 1. The van der Waals surface area contributed by atoms with Crippen molar-refractivity contribution in [1.29, 1.82) is 0 Å². The normalized spacial score (nSPS) is 11.9. The summed E-state index contributed by atoms with van der Waals surface area (Å²) in [6.07, 6.45) is 6.41. The van der Waals surface area contributed by atoms with Crippen molar-refractivity contribution in [1.82, 2.24) is 20.2 Å². The number of anilines is 1. The fourth-order valence-electron chi connectivity index (χ4n) is 1.44. The predicted octanol–water partition coefficient (Wildman–Crippen LogP) is 1.16. The summed E-state index contributed by atoms with van der Waals surface area (Å²) >= 11 is 0. The van der Waals surface area contributed by atoms with E-state index in [4.69, 9.17) is 0 Å². The monoisotopic (exact) mass is 247 g/mol. The fourth-order valence-corrected chi connectivity index (χ4v) is 1.44. The highest BCUT2D eigenvalue weighted by Gasteiger charge is 2.11. The number of hydrogen-bond donors (Lipinski definition) is 2. The fraction of sp³-hybridized carbons (Fsp3) is 0.273. The standard InChI is InChI=1S/C11H13N5O2/c1-7(8-3-13-14-4-8)15-10-6-12-5-9(16-10)11(17)18-2/h3-7H,1-2H3,(H,13,14)(H,15,16).